The molecule has 0 saturated carbocycles. The smallest absolute Gasteiger partial charge is 0.207 e. The SMILES string of the molecule is CCOCCCn1ccnc1Nc1ccc(F)cc1I. The summed E-state index contributed by atoms with van der Waals surface area (Å²) >= 11 is 2.10. The highest BCUT2D eigenvalue weighted by Crippen LogP contribution is 2.22. The first kappa shape index (κ1) is 15.2. The van der Waals surface area contributed by atoms with Crippen LogP contribution in [0.2, 0.25) is 0 Å². The number of nitrogens with zero attached hydrogens (tertiary/aromatic N) is 2. The highest BCUT2D eigenvalue weighted by atomic mass is 127. The summed E-state index contributed by atoms with van der Waals surface area (Å²) in [5, 5.41) is 3.23. The van der Waals surface area contributed by atoms with E-state index in [-0.39, 0.29) is 5.82 Å². The Morgan fingerprint density at radius 2 is 2.30 bits per heavy atom. The quantitative estimate of drug-likeness (QED) is 0.579. The first-order valence-corrected chi connectivity index (χ1v) is 7.59. The zero-order valence-corrected chi connectivity index (χ0v) is 13.4. The Morgan fingerprint density at radius 1 is 1.45 bits per heavy atom. The number of halogens is 2. The molecule has 1 aromatic carbocycles. The van der Waals surface area contributed by atoms with Crippen molar-refractivity contribution < 1.29 is 9.13 Å². The molecule has 1 aromatic heterocycles. The molecule has 0 fully saturated rings. The van der Waals surface area contributed by atoms with Crippen LogP contribution in [-0.4, -0.2) is 22.8 Å². The summed E-state index contributed by atoms with van der Waals surface area (Å²) in [6, 6.07) is 4.65. The van der Waals surface area contributed by atoms with Crippen molar-refractivity contribution in [3.8, 4) is 0 Å². The van der Waals surface area contributed by atoms with Gasteiger partial charge < -0.3 is 14.6 Å². The van der Waals surface area contributed by atoms with Gasteiger partial charge in [-0.3, -0.25) is 0 Å². The van der Waals surface area contributed by atoms with E-state index in [2.05, 4.69) is 32.9 Å². The van der Waals surface area contributed by atoms with Crippen LogP contribution in [0.25, 0.3) is 0 Å². The Bertz CT molecular complexity index is 559. The second kappa shape index (κ2) is 7.58. The highest BCUT2D eigenvalue weighted by Gasteiger charge is 2.06. The lowest BCUT2D eigenvalue weighted by molar-refractivity contribution is 0.142. The summed E-state index contributed by atoms with van der Waals surface area (Å²) < 4.78 is 21.3. The summed E-state index contributed by atoms with van der Waals surface area (Å²) in [4.78, 5) is 4.29. The van der Waals surface area contributed by atoms with Crippen molar-refractivity contribution in [1.82, 2.24) is 9.55 Å². The summed E-state index contributed by atoms with van der Waals surface area (Å²) in [5.41, 5.74) is 0.851. The molecule has 1 heterocycles. The van der Waals surface area contributed by atoms with Gasteiger partial charge in [0, 0.05) is 35.7 Å². The third-order valence-corrected chi connectivity index (χ3v) is 3.68. The predicted octanol–water partition coefficient (Wildman–Crippen LogP) is 3.80. The standard InChI is InChI=1S/C14H17FIN3O/c1-2-20-9-3-7-19-8-6-17-14(19)18-13-5-4-11(15)10-12(13)16/h4-6,8,10H,2-3,7,9H2,1H3,(H,17,18). The van der Waals surface area contributed by atoms with Crippen LogP contribution in [0.3, 0.4) is 0 Å². The van der Waals surface area contributed by atoms with Crippen molar-refractivity contribution in [3.63, 3.8) is 0 Å². The van der Waals surface area contributed by atoms with Gasteiger partial charge in [-0.15, -0.1) is 0 Å². The first-order valence-electron chi connectivity index (χ1n) is 6.51. The van der Waals surface area contributed by atoms with E-state index in [0.29, 0.717) is 0 Å². The van der Waals surface area contributed by atoms with Gasteiger partial charge in [0.25, 0.3) is 0 Å². The summed E-state index contributed by atoms with van der Waals surface area (Å²) in [6.45, 7) is 4.30. The number of aromatic nitrogens is 2. The second-order valence-corrected chi connectivity index (χ2v) is 5.41. The predicted molar refractivity (Wildman–Crippen MR) is 85.7 cm³/mol. The molecule has 0 atom stereocenters. The number of benzene rings is 1. The Morgan fingerprint density at radius 3 is 3.05 bits per heavy atom. The zero-order valence-electron chi connectivity index (χ0n) is 11.3. The summed E-state index contributed by atoms with van der Waals surface area (Å²) in [6.07, 6.45) is 4.60. The van der Waals surface area contributed by atoms with E-state index >= 15 is 0 Å². The maximum Gasteiger partial charge on any atom is 0.207 e. The molecular weight excluding hydrogens is 372 g/mol. The van der Waals surface area contributed by atoms with Gasteiger partial charge in [-0.1, -0.05) is 0 Å². The number of aryl methyl sites for hydroxylation is 1. The van der Waals surface area contributed by atoms with E-state index in [0.717, 1.165) is 41.4 Å². The molecule has 20 heavy (non-hydrogen) atoms. The van der Waals surface area contributed by atoms with Crippen LogP contribution in [0.5, 0.6) is 0 Å². The molecule has 1 N–H and O–H groups in total. The fourth-order valence-electron chi connectivity index (χ4n) is 1.81. The van der Waals surface area contributed by atoms with Crippen molar-refractivity contribution in [1.29, 1.82) is 0 Å². The second-order valence-electron chi connectivity index (χ2n) is 4.24. The van der Waals surface area contributed by atoms with Crippen molar-refractivity contribution in [2.45, 2.75) is 19.9 Å². The molecule has 2 aromatic rings. The molecule has 6 heteroatoms. The van der Waals surface area contributed by atoms with Crippen LogP contribution in [0.15, 0.2) is 30.6 Å². The number of ether oxygens (including phenoxy) is 1. The molecule has 0 amide bonds. The molecule has 0 spiro atoms. The fourth-order valence-corrected chi connectivity index (χ4v) is 2.42. The number of nitrogens with one attached hydrogen (secondary N) is 1. The Kier molecular flexibility index (Phi) is 5.78. The Labute approximate surface area is 131 Å². The molecule has 108 valence electrons. The highest BCUT2D eigenvalue weighted by molar-refractivity contribution is 14.1. The maximum absolute atomic E-state index is 13.1. The third kappa shape index (κ3) is 4.17. The van der Waals surface area contributed by atoms with Crippen LogP contribution in [-0.2, 0) is 11.3 Å². The van der Waals surface area contributed by atoms with Gasteiger partial charge >= 0.3 is 0 Å². The van der Waals surface area contributed by atoms with Gasteiger partial charge in [0.1, 0.15) is 5.82 Å². The maximum atomic E-state index is 13.1. The van der Waals surface area contributed by atoms with Gasteiger partial charge in [-0.05, 0) is 54.1 Å². The topological polar surface area (TPSA) is 39.1 Å². The number of hydrogen-bond acceptors (Lipinski definition) is 3. The van der Waals surface area contributed by atoms with E-state index in [1.807, 2.05) is 17.7 Å². The summed E-state index contributed by atoms with van der Waals surface area (Å²) in [7, 11) is 0. The van der Waals surface area contributed by atoms with Crippen LogP contribution in [0, 0.1) is 9.39 Å². The van der Waals surface area contributed by atoms with Gasteiger partial charge in [0.15, 0.2) is 0 Å². The van der Waals surface area contributed by atoms with Crippen molar-refractivity contribution in [2.75, 3.05) is 18.5 Å². The summed E-state index contributed by atoms with van der Waals surface area (Å²) in [5.74, 6) is 0.519. The number of rotatable bonds is 7. The normalized spacial score (nSPS) is 10.8. The van der Waals surface area contributed by atoms with Crippen molar-refractivity contribution in [2.24, 2.45) is 0 Å². The van der Waals surface area contributed by atoms with Gasteiger partial charge in [-0.25, -0.2) is 9.37 Å². The van der Waals surface area contributed by atoms with Gasteiger partial charge in [0.05, 0.1) is 5.69 Å². The molecular formula is C14H17FIN3O. The van der Waals surface area contributed by atoms with Gasteiger partial charge in [-0.2, -0.15) is 0 Å². The molecule has 0 aliphatic rings. The van der Waals surface area contributed by atoms with Gasteiger partial charge in [0.2, 0.25) is 5.95 Å². The molecule has 4 nitrogen and oxygen atoms in total. The lowest BCUT2D eigenvalue weighted by atomic mass is 10.3. The average molecular weight is 389 g/mol. The zero-order chi connectivity index (χ0) is 14.4. The molecule has 0 aliphatic heterocycles. The van der Waals surface area contributed by atoms with Crippen LogP contribution < -0.4 is 5.32 Å². The molecule has 0 saturated heterocycles. The van der Waals surface area contributed by atoms with Crippen LogP contribution in [0.1, 0.15) is 13.3 Å². The molecule has 0 radical (unpaired) electrons. The molecule has 0 aliphatic carbocycles. The molecule has 0 unspecified atom stereocenters. The largest absolute Gasteiger partial charge is 0.382 e. The van der Waals surface area contributed by atoms with Crippen molar-refractivity contribution in [3.05, 3.63) is 40.0 Å². The van der Waals surface area contributed by atoms with E-state index in [1.165, 1.54) is 12.1 Å². The Balaban J connectivity index is 2.01. The average Bonchev–Trinajstić information content (AvgIpc) is 2.85. The van der Waals surface area contributed by atoms with E-state index in [1.54, 1.807) is 12.3 Å². The number of imidazole rings is 1. The van der Waals surface area contributed by atoms with E-state index in [9.17, 15) is 4.39 Å². The lowest BCUT2D eigenvalue weighted by Crippen LogP contribution is -2.06. The number of anilines is 2. The third-order valence-electron chi connectivity index (χ3n) is 2.78. The van der Waals surface area contributed by atoms with E-state index < -0.39 is 0 Å². The number of hydrogen-bond donors (Lipinski definition) is 1. The van der Waals surface area contributed by atoms with E-state index in [4.69, 9.17) is 4.74 Å². The van der Waals surface area contributed by atoms with Crippen LogP contribution in [0.4, 0.5) is 16.0 Å². The van der Waals surface area contributed by atoms with Crippen LogP contribution >= 0.6 is 22.6 Å². The minimum absolute atomic E-state index is 0.236. The Hall–Kier alpha value is -1.15. The molecule has 2 rings (SSSR count). The monoisotopic (exact) mass is 389 g/mol. The minimum atomic E-state index is -0.236. The first-order chi connectivity index (χ1) is 9.70. The fraction of sp³-hybridized carbons (Fsp3) is 0.357. The lowest BCUT2D eigenvalue weighted by Gasteiger charge is -2.11. The minimum Gasteiger partial charge on any atom is -0.382 e. The van der Waals surface area contributed by atoms with Crippen molar-refractivity contribution >= 4 is 34.2 Å². The molecule has 0 bridgehead atoms.